The largest absolute Gasteiger partial charge is 0.450 e. The number of hydrogen-bond donors (Lipinski definition) is 0. The predicted molar refractivity (Wildman–Crippen MR) is 80.2 cm³/mol. The molecule has 2 aliphatic heterocycles. The molecule has 0 N–H and O–H groups in total. The molecule has 0 radical (unpaired) electrons. The molecule has 2 saturated heterocycles. The molecule has 0 aromatic rings. The maximum Gasteiger partial charge on any atom is 0.409 e. The van der Waals surface area contributed by atoms with Gasteiger partial charge in [0.2, 0.25) is 0 Å². The van der Waals surface area contributed by atoms with Gasteiger partial charge in [0.15, 0.2) is 0 Å². The fourth-order valence-electron chi connectivity index (χ4n) is 2.79. The van der Waals surface area contributed by atoms with E-state index < -0.39 is 11.8 Å². The lowest BCUT2D eigenvalue weighted by Gasteiger charge is -2.36. The van der Waals surface area contributed by atoms with E-state index in [0.29, 0.717) is 51.8 Å². The summed E-state index contributed by atoms with van der Waals surface area (Å²) in [4.78, 5) is 40.9. The van der Waals surface area contributed by atoms with Crippen LogP contribution in [0.5, 0.6) is 0 Å². The summed E-state index contributed by atoms with van der Waals surface area (Å²) < 4.78 is 4.94. The first-order valence-corrected chi connectivity index (χ1v) is 8.02. The Bertz CT molecular complexity index is 425. The molecule has 0 spiro atoms. The third-order valence-electron chi connectivity index (χ3n) is 4.35. The molecule has 124 valence electrons. The minimum Gasteiger partial charge on any atom is -0.450 e. The van der Waals surface area contributed by atoms with Gasteiger partial charge in [0.05, 0.1) is 6.61 Å². The quantitative estimate of drug-likeness (QED) is 0.663. The van der Waals surface area contributed by atoms with E-state index in [4.69, 9.17) is 4.74 Å². The number of carbonyl (C=O) groups is 3. The van der Waals surface area contributed by atoms with Gasteiger partial charge in [-0.3, -0.25) is 9.59 Å². The third-order valence-corrected chi connectivity index (χ3v) is 4.35. The summed E-state index contributed by atoms with van der Waals surface area (Å²) in [5.41, 5.74) is 0. The number of hydrogen-bond acceptors (Lipinski definition) is 4. The highest BCUT2D eigenvalue weighted by molar-refractivity contribution is 6.34. The van der Waals surface area contributed by atoms with E-state index in [-0.39, 0.29) is 6.09 Å². The molecule has 0 aliphatic carbocycles. The molecule has 2 heterocycles. The van der Waals surface area contributed by atoms with Gasteiger partial charge in [-0.2, -0.15) is 0 Å². The van der Waals surface area contributed by atoms with E-state index in [1.807, 2.05) is 0 Å². The molecule has 7 nitrogen and oxygen atoms in total. The Labute approximate surface area is 131 Å². The van der Waals surface area contributed by atoms with Gasteiger partial charge in [-0.15, -0.1) is 0 Å². The minimum absolute atomic E-state index is 0.337. The second kappa shape index (κ2) is 7.47. The maximum absolute atomic E-state index is 12.3. The molecule has 0 aromatic carbocycles. The zero-order valence-corrected chi connectivity index (χ0v) is 13.4. The zero-order valence-electron chi connectivity index (χ0n) is 13.4. The van der Waals surface area contributed by atoms with Crippen LogP contribution in [0.25, 0.3) is 0 Å². The molecule has 0 atom stereocenters. The number of piperidine rings is 1. The molecule has 7 heteroatoms. The van der Waals surface area contributed by atoms with Crippen molar-refractivity contribution in [2.45, 2.75) is 26.7 Å². The average molecular weight is 311 g/mol. The minimum atomic E-state index is -0.446. The van der Waals surface area contributed by atoms with Gasteiger partial charge in [-0.25, -0.2) is 4.79 Å². The first-order valence-electron chi connectivity index (χ1n) is 8.02. The first-order chi connectivity index (χ1) is 10.5. The van der Waals surface area contributed by atoms with Crippen LogP contribution in [0.1, 0.15) is 26.7 Å². The standard InChI is InChI=1S/C15H25N3O4/c1-3-22-15(21)18-10-8-17(9-11-18)14(20)13(19)16-6-4-12(2)5-7-16/h12H,3-11H2,1-2H3. The Morgan fingerprint density at radius 3 is 1.82 bits per heavy atom. The summed E-state index contributed by atoms with van der Waals surface area (Å²) in [5, 5.41) is 0. The van der Waals surface area contributed by atoms with Crippen molar-refractivity contribution in [1.29, 1.82) is 0 Å². The summed E-state index contributed by atoms with van der Waals surface area (Å²) >= 11 is 0. The molecule has 22 heavy (non-hydrogen) atoms. The normalized spacial score (nSPS) is 20.0. The smallest absolute Gasteiger partial charge is 0.409 e. The van der Waals surface area contributed by atoms with Gasteiger partial charge >= 0.3 is 17.9 Å². The van der Waals surface area contributed by atoms with Crippen molar-refractivity contribution in [3.8, 4) is 0 Å². The van der Waals surface area contributed by atoms with Crippen molar-refractivity contribution in [1.82, 2.24) is 14.7 Å². The predicted octanol–water partition coefficient (Wildman–Crippen LogP) is 0.546. The number of carbonyl (C=O) groups excluding carboxylic acids is 3. The Kier molecular flexibility index (Phi) is 5.63. The van der Waals surface area contributed by atoms with Crippen LogP contribution >= 0.6 is 0 Å². The van der Waals surface area contributed by atoms with E-state index >= 15 is 0 Å². The highest BCUT2D eigenvalue weighted by Crippen LogP contribution is 2.16. The second-order valence-electron chi connectivity index (χ2n) is 5.95. The van der Waals surface area contributed by atoms with Crippen molar-refractivity contribution < 1.29 is 19.1 Å². The lowest BCUT2D eigenvalue weighted by atomic mass is 9.99. The Balaban J connectivity index is 1.82. The van der Waals surface area contributed by atoms with Gasteiger partial charge < -0.3 is 19.4 Å². The summed E-state index contributed by atoms with van der Waals surface area (Å²) in [7, 11) is 0. The van der Waals surface area contributed by atoms with Crippen LogP contribution in [0.4, 0.5) is 4.79 Å². The molecular formula is C15H25N3O4. The lowest BCUT2D eigenvalue weighted by Crippen LogP contribution is -2.55. The molecule has 0 unspecified atom stereocenters. The van der Waals surface area contributed by atoms with Gasteiger partial charge in [0.1, 0.15) is 0 Å². The van der Waals surface area contributed by atoms with Crippen LogP contribution in [0.2, 0.25) is 0 Å². The van der Waals surface area contributed by atoms with Crippen LogP contribution in [0.15, 0.2) is 0 Å². The highest BCUT2D eigenvalue weighted by atomic mass is 16.6. The van der Waals surface area contributed by atoms with E-state index in [0.717, 1.165) is 12.8 Å². The van der Waals surface area contributed by atoms with Crippen LogP contribution in [0.3, 0.4) is 0 Å². The number of piperazine rings is 1. The van der Waals surface area contributed by atoms with E-state index in [1.54, 1.807) is 16.7 Å². The summed E-state index contributed by atoms with van der Waals surface area (Å²) in [5.74, 6) is -0.234. The fourth-order valence-corrected chi connectivity index (χ4v) is 2.79. The highest BCUT2D eigenvalue weighted by Gasteiger charge is 2.32. The van der Waals surface area contributed by atoms with Gasteiger partial charge in [0, 0.05) is 39.3 Å². The molecule has 0 aromatic heterocycles. The maximum atomic E-state index is 12.3. The Hall–Kier alpha value is -1.79. The van der Waals surface area contributed by atoms with Crippen molar-refractivity contribution in [3.05, 3.63) is 0 Å². The topological polar surface area (TPSA) is 70.2 Å². The van der Waals surface area contributed by atoms with Gasteiger partial charge in [0.25, 0.3) is 0 Å². The lowest BCUT2D eigenvalue weighted by molar-refractivity contribution is -0.153. The average Bonchev–Trinajstić information content (AvgIpc) is 2.54. The van der Waals surface area contributed by atoms with Crippen molar-refractivity contribution in [3.63, 3.8) is 0 Å². The Morgan fingerprint density at radius 1 is 0.864 bits per heavy atom. The molecule has 2 fully saturated rings. The number of amides is 3. The van der Waals surface area contributed by atoms with Crippen molar-refractivity contribution in [2.24, 2.45) is 5.92 Å². The Morgan fingerprint density at radius 2 is 1.32 bits per heavy atom. The second-order valence-corrected chi connectivity index (χ2v) is 5.95. The van der Waals surface area contributed by atoms with Crippen LogP contribution < -0.4 is 0 Å². The molecule has 2 aliphatic rings. The van der Waals surface area contributed by atoms with Crippen LogP contribution in [-0.4, -0.2) is 78.5 Å². The van der Waals surface area contributed by atoms with E-state index in [9.17, 15) is 14.4 Å². The summed E-state index contributed by atoms with van der Waals surface area (Å²) in [6.07, 6.45) is 1.55. The van der Waals surface area contributed by atoms with Crippen molar-refractivity contribution in [2.75, 3.05) is 45.9 Å². The number of ether oxygens (including phenoxy) is 1. The third kappa shape index (κ3) is 3.90. The summed E-state index contributed by atoms with van der Waals surface area (Å²) in [6, 6.07) is 0. The summed E-state index contributed by atoms with van der Waals surface area (Å²) in [6.45, 7) is 7.17. The zero-order chi connectivity index (χ0) is 16.1. The molecule has 3 amide bonds. The number of nitrogens with zero attached hydrogens (tertiary/aromatic N) is 3. The SMILES string of the molecule is CCOC(=O)N1CCN(C(=O)C(=O)N2CCC(C)CC2)CC1. The fraction of sp³-hybridized carbons (Fsp3) is 0.800. The van der Waals surface area contributed by atoms with Crippen LogP contribution in [0, 0.1) is 5.92 Å². The van der Waals surface area contributed by atoms with E-state index in [1.165, 1.54) is 4.90 Å². The van der Waals surface area contributed by atoms with Crippen LogP contribution in [-0.2, 0) is 14.3 Å². The molecule has 0 bridgehead atoms. The first kappa shape index (κ1) is 16.6. The monoisotopic (exact) mass is 311 g/mol. The number of rotatable bonds is 1. The van der Waals surface area contributed by atoms with Gasteiger partial charge in [-0.05, 0) is 25.7 Å². The molecule has 2 rings (SSSR count). The van der Waals surface area contributed by atoms with Gasteiger partial charge in [-0.1, -0.05) is 6.92 Å². The van der Waals surface area contributed by atoms with Crippen molar-refractivity contribution >= 4 is 17.9 Å². The number of likely N-dealkylation sites (tertiary alicyclic amines) is 1. The van der Waals surface area contributed by atoms with E-state index in [2.05, 4.69) is 6.92 Å². The molecule has 0 saturated carbocycles. The molecular weight excluding hydrogens is 286 g/mol.